The fraction of sp³-hybridized carbons (Fsp3) is 0.333. The molecule has 0 bridgehead atoms. The fourth-order valence-electron chi connectivity index (χ4n) is 2.78. The van der Waals surface area contributed by atoms with E-state index in [1.807, 2.05) is 20.8 Å². The number of rotatable bonds is 13. The number of hydrazone groups is 1. The highest BCUT2D eigenvalue weighted by molar-refractivity contribution is 5.96. The van der Waals surface area contributed by atoms with Crippen molar-refractivity contribution in [1.29, 1.82) is 0 Å². The van der Waals surface area contributed by atoms with Gasteiger partial charge in [0.2, 0.25) is 5.75 Å². The minimum absolute atomic E-state index is 0.336. The molecule has 0 atom stereocenters. The van der Waals surface area contributed by atoms with E-state index in [0.717, 1.165) is 5.56 Å². The molecule has 0 spiro atoms. The third-order valence-corrected chi connectivity index (χ3v) is 4.10. The smallest absolute Gasteiger partial charge is 0.271 e. The summed E-state index contributed by atoms with van der Waals surface area (Å²) in [4.78, 5) is 12.7. The normalized spacial score (nSPS) is 10.5. The molecule has 1 amide bonds. The molecule has 2 aromatic carbocycles. The van der Waals surface area contributed by atoms with E-state index in [1.54, 1.807) is 43.5 Å². The zero-order valence-electron chi connectivity index (χ0n) is 19.0. The van der Waals surface area contributed by atoms with Gasteiger partial charge in [-0.1, -0.05) is 12.7 Å². The molecule has 0 fully saturated rings. The van der Waals surface area contributed by atoms with Crippen molar-refractivity contribution in [3.05, 3.63) is 54.1 Å². The second-order valence-electron chi connectivity index (χ2n) is 6.31. The van der Waals surface area contributed by atoms with Crippen LogP contribution >= 0.6 is 0 Å². The molecule has 172 valence electrons. The van der Waals surface area contributed by atoms with Crippen molar-refractivity contribution in [3.8, 4) is 28.7 Å². The van der Waals surface area contributed by atoms with Crippen molar-refractivity contribution >= 4 is 12.1 Å². The highest BCUT2D eigenvalue weighted by Gasteiger charge is 2.18. The zero-order valence-corrected chi connectivity index (χ0v) is 19.0. The Kier molecular flexibility index (Phi) is 9.90. The fourth-order valence-corrected chi connectivity index (χ4v) is 2.78. The first-order chi connectivity index (χ1) is 15.6. The number of methoxy groups -OCH3 is 1. The van der Waals surface area contributed by atoms with Crippen LogP contribution in [0.5, 0.6) is 28.7 Å². The molecular weight excluding hydrogens is 412 g/mol. The van der Waals surface area contributed by atoms with Gasteiger partial charge >= 0.3 is 0 Å². The minimum atomic E-state index is -0.413. The summed E-state index contributed by atoms with van der Waals surface area (Å²) in [5.74, 6) is 2.08. The van der Waals surface area contributed by atoms with Crippen molar-refractivity contribution in [2.24, 2.45) is 5.10 Å². The van der Waals surface area contributed by atoms with Gasteiger partial charge in [-0.05, 0) is 56.7 Å². The Morgan fingerprint density at radius 1 is 0.938 bits per heavy atom. The summed E-state index contributed by atoms with van der Waals surface area (Å²) < 4.78 is 27.8. The van der Waals surface area contributed by atoms with Crippen molar-refractivity contribution in [2.45, 2.75) is 20.8 Å². The van der Waals surface area contributed by atoms with Crippen LogP contribution in [-0.2, 0) is 0 Å². The Labute approximate surface area is 188 Å². The molecule has 0 saturated heterocycles. The predicted molar refractivity (Wildman–Crippen MR) is 124 cm³/mol. The standard InChI is InChI=1S/C24H30N2O6/c1-6-12-32-19-11-10-17(13-20(19)28-5)16-25-26-24(27)18-14-21(29-7-2)23(31-9-4)22(15-18)30-8-3/h6,10-11,13-16H,1,7-9,12H2,2-5H3,(H,26,27)/b25-16+. The van der Waals surface area contributed by atoms with Gasteiger partial charge in [0.25, 0.3) is 5.91 Å². The number of carbonyl (C=O) groups excluding carboxylic acids is 1. The Balaban J connectivity index is 2.19. The van der Waals surface area contributed by atoms with E-state index in [-0.39, 0.29) is 0 Å². The van der Waals surface area contributed by atoms with Gasteiger partial charge in [0.15, 0.2) is 23.0 Å². The summed E-state index contributed by atoms with van der Waals surface area (Å²) in [7, 11) is 1.55. The van der Waals surface area contributed by atoms with E-state index < -0.39 is 5.91 Å². The molecule has 2 rings (SSSR count). The van der Waals surface area contributed by atoms with Crippen LogP contribution in [0.2, 0.25) is 0 Å². The van der Waals surface area contributed by atoms with E-state index >= 15 is 0 Å². The molecule has 32 heavy (non-hydrogen) atoms. The summed E-state index contributed by atoms with van der Waals surface area (Å²) in [5, 5.41) is 4.05. The molecule has 0 saturated carbocycles. The number of amides is 1. The van der Waals surface area contributed by atoms with Crippen LogP contribution in [0.4, 0.5) is 0 Å². The Bertz CT molecular complexity index is 915. The number of carbonyl (C=O) groups is 1. The van der Waals surface area contributed by atoms with Crippen LogP contribution in [0.25, 0.3) is 0 Å². The van der Waals surface area contributed by atoms with E-state index in [0.29, 0.717) is 60.7 Å². The molecule has 2 aromatic rings. The molecular formula is C24H30N2O6. The van der Waals surface area contributed by atoms with Crippen LogP contribution in [0.3, 0.4) is 0 Å². The molecule has 0 aliphatic rings. The number of ether oxygens (including phenoxy) is 5. The van der Waals surface area contributed by atoms with E-state index in [4.69, 9.17) is 23.7 Å². The van der Waals surface area contributed by atoms with Gasteiger partial charge in [0.05, 0.1) is 33.1 Å². The number of benzene rings is 2. The second-order valence-corrected chi connectivity index (χ2v) is 6.31. The van der Waals surface area contributed by atoms with Gasteiger partial charge in [0.1, 0.15) is 6.61 Å². The lowest BCUT2D eigenvalue weighted by atomic mass is 10.1. The largest absolute Gasteiger partial charge is 0.493 e. The lowest BCUT2D eigenvalue weighted by Gasteiger charge is -2.16. The molecule has 0 aliphatic carbocycles. The maximum absolute atomic E-state index is 12.7. The first-order valence-corrected chi connectivity index (χ1v) is 10.4. The Morgan fingerprint density at radius 3 is 2.16 bits per heavy atom. The zero-order chi connectivity index (χ0) is 23.3. The third-order valence-electron chi connectivity index (χ3n) is 4.10. The van der Waals surface area contributed by atoms with Gasteiger partial charge in [0, 0.05) is 5.56 Å². The van der Waals surface area contributed by atoms with Crippen LogP contribution in [0.1, 0.15) is 36.7 Å². The van der Waals surface area contributed by atoms with Crippen LogP contribution < -0.4 is 29.1 Å². The maximum Gasteiger partial charge on any atom is 0.271 e. The number of hydrogen-bond donors (Lipinski definition) is 1. The van der Waals surface area contributed by atoms with Gasteiger partial charge in [-0.25, -0.2) is 5.43 Å². The Hall–Kier alpha value is -3.68. The van der Waals surface area contributed by atoms with Gasteiger partial charge < -0.3 is 23.7 Å². The predicted octanol–water partition coefficient (Wildman–Crippen LogP) is 4.22. The molecule has 0 heterocycles. The summed E-state index contributed by atoms with van der Waals surface area (Å²) in [6, 6.07) is 8.53. The first kappa shape index (κ1) is 24.6. The summed E-state index contributed by atoms with van der Waals surface area (Å²) >= 11 is 0. The molecule has 0 radical (unpaired) electrons. The summed E-state index contributed by atoms with van der Waals surface area (Å²) in [6.07, 6.45) is 3.17. The van der Waals surface area contributed by atoms with Crippen molar-refractivity contribution in [3.63, 3.8) is 0 Å². The molecule has 8 heteroatoms. The monoisotopic (exact) mass is 442 g/mol. The number of hydrogen-bond acceptors (Lipinski definition) is 7. The van der Waals surface area contributed by atoms with Gasteiger partial charge in [-0.2, -0.15) is 5.10 Å². The van der Waals surface area contributed by atoms with Gasteiger partial charge in [-0.15, -0.1) is 0 Å². The van der Waals surface area contributed by atoms with E-state index in [9.17, 15) is 4.79 Å². The molecule has 0 aliphatic heterocycles. The van der Waals surface area contributed by atoms with Crippen LogP contribution in [-0.4, -0.2) is 45.7 Å². The molecule has 0 unspecified atom stereocenters. The lowest BCUT2D eigenvalue weighted by Crippen LogP contribution is -2.18. The van der Waals surface area contributed by atoms with E-state index in [1.165, 1.54) is 6.21 Å². The van der Waals surface area contributed by atoms with Gasteiger partial charge in [-0.3, -0.25) is 4.79 Å². The highest BCUT2D eigenvalue weighted by atomic mass is 16.5. The topological polar surface area (TPSA) is 87.6 Å². The maximum atomic E-state index is 12.7. The Morgan fingerprint density at radius 2 is 1.59 bits per heavy atom. The minimum Gasteiger partial charge on any atom is -0.493 e. The SMILES string of the molecule is C=CCOc1ccc(/C=N/NC(=O)c2cc(OCC)c(OCC)c(OCC)c2)cc1OC. The highest BCUT2D eigenvalue weighted by Crippen LogP contribution is 2.39. The quantitative estimate of drug-likeness (QED) is 0.284. The van der Waals surface area contributed by atoms with Crippen molar-refractivity contribution in [2.75, 3.05) is 33.5 Å². The summed E-state index contributed by atoms with van der Waals surface area (Å²) in [5.41, 5.74) is 3.58. The summed E-state index contributed by atoms with van der Waals surface area (Å²) in [6.45, 7) is 10.9. The second kappa shape index (κ2) is 12.9. The number of nitrogens with zero attached hydrogens (tertiary/aromatic N) is 1. The van der Waals surface area contributed by atoms with Crippen LogP contribution in [0.15, 0.2) is 48.1 Å². The number of nitrogens with one attached hydrogen (secondary N) is 1. The van der Waals surface area contributed by atoms with Crippen LogP contribution in [0, 0.1) is 0 Å². The van der Waals surface area contributed by atoms with E-state index in [2.05, 4.69) is 17.1 Å². The average molecular weight is 443 g/mol. The molecule has 1 N–H and O–H groups in total. The lowest BCUT2D eigenvalue weighted by molar-refractivity contribution is 0.0954. The average Bonchev–Trinajstić information content (AvgIpc) is 2.80. The first-order valence-electron chi connectivity index (χ1n) is 10.4. The van der Waals surface area contributed by atoms with Crippen molar-refractivity contribution in [1.82, 2.24) is 5.43 Å². The molecule has 8 nitrogen and oxygen atoms in total. The van der Waals surface area contributed by atoms with Crippen molar-refractivity contribution < 1.29 is 28.5 Å². The molecule has 0 aromatic heterocycles. The third kappa shape index (κ3) is 6.66.